The van der Waals surface area contributed by atoms with E-state index in [2.05, 4.69) is 20.4 Å². The third-order valence-electron chi connectivity index (χ3n) is 7.58. The summed E-state index contributed by atoms with van der Waals surface area (Å²) >= 11 is 0. The van der Waals surface area contributed by atoms with Gasteiger partial charge in [0.05, 0.1) is 28.7 Å². The number of hydrogen-bond donors (Lipinski definition) is 3. The Morgan fingerprint density at radius 3 is 2.29 bits per heavy atom. The molecule has 0 aliphatic heterocycles. The highest BCUT2D eigenvalue weighted by Gasteiger charge is 2.57. The van der Waals surface area contributed by atoms with Crippen molar-refractivity contribution in [2.45, 2.75) is 69.3 Å². The predicted octanol–water partition coefficient (Wildman–Crippen LogP) is 5.66. The molecule has 42 heavy (non-hydrogen) atoms. The maximum absolute atomic E-state index is 13.9. The van der Waals surface area contributed by atoms with Gasteiger partial charge < -0.3 is 16.0 Å². The molecule has 4 N–H and O–H groups in total. The third kappa shape index (κ3) is 6.84. The molecule has 2 amide bonds. The highest BCUT2D eigenvalue weighted by molar-refractivity contribution is 5.91. The van der Waals surface area contributed by atoms with Crippen molar-refractivity contribution in [3.05, 3.63) is 47.0 Å². The molecule has 0 unspecified atom stereocenters. The Morgan fingerprint density at radius 2 is 1.74 bits per heavy atom. The second-order valence-corrected chi connectivity index (χ2v) is 10.6. The number of nitrogens with two attached hydrogens (primary N) is 1. The lowest BCUT2D eigenvalue weighted by molar-refractivity contribution is -0.284. The molecule has 2 heterocycles. The number of hydrogen-bond acceptors (Lipinski definition) is 4. The number of aromatic nitrogens is 4. The van der Waals surface area contributed by atoms with Crippen molar-refractivity contribution >= 4 is 22.8 Å². The first-order valence-corrected chi connectivity index (χ1v) is 13.0. The molecule has 1 fully saturated rings. The number of rotatable bonds is 8. The number of halogens is 8. The number of nitrogens with zero attached hydrogens (tertiary/aromatic N) is 3. The smallest absolute Gasteiger partial charge is 0.364 e. The van der Waals surface area contributed by atoms with Crippen molar-refractivity contribution in [2.75, 3.05) is 0 Å². The van der Waals surface area contributed by atoms with Crippen molar-refractivity contribution in [2.24, 2.45) is 24.6 Å². The maximum atomic E-state index is 13.9. The van der Waals surface area contributed by atoms with Crippen LogP contribution in [-0.4, -0.2) is 49.8 Å². The highest BCUT2D eigenvalue weighted by atomic mass is 19.4. The van der Waals surface area contributed by atoms with Gasteiger partial charge in [-0.25, -0.2) is 13.8 Å². The molecule has 1 aromatic carbocycles. The number of nitrogens with one attached hydrogen (secondary N) is 2. The molecular formula is C26H28F8N6O2. The molecule has 0 radical (unpaired) electrons. The van der Waals surface area contributed by atoms with Crippen LogP contribution in [0.3, 0.4) is 0 Å². The Balaban J connectivity index is 1.60. The molecule has 0 bridgehead atoms. The van der Waals surface area contributed by atoms with Gasteiger partial charge in [0.25, 0.3) is 5.91 Å². The van der Waals surface area contributed by atoms with E-state index >= 15 is 0 Å². The minimum Gasteiger partial charge on any atom is -0.364 e. The van der Waals surface area contributed by atoms with Gasteiger partial charge >= 0.3 is 12.4 Å². The Bertz CT molecular complexity index is 1440. The number of amides is 2. The molecule has 1 saturated carbocycles. The van der Waals surface area contributed by atoms with Gasteiger partial charge in [-0.3, -0.25) is 14.3 Å². The minimum atomic E-state index is -5.64. The number of H-pyrrole nitrogens is 1. The zero-order chi connectivity index (χ0) is 31.2. The second-order valence-electron chi connectivity index (χ2n) is 10.6. The van der Waals surface area contributed by atoms with Crippen LogP contribution < -0.4 is 11.1 Å². The van der Waals surface area contributed by atoms with Crippen molar-refractivity contribution in [3.8, 4) is 0 Å². The van der Waals surface area contributed by atoms with Crippen molar-refractivity contribution in [1.82, 2.24) is 25.1 Å². The quantitative estimate of drug-likeness (QED) is 0.286. The predicted molar refractivity (Wildman–Crippen MR) is 133 cm³/mol. The van der Waals surface area contributed by atoms with Crippen molar-refractivity contribution < 1.29 is 44.7 Å². The summed E-state index contributed by atoms with van der Waals surface area (Å²) in [5, 5.41) is 6.56. The van der Waals surface area contributed by atoms with Gasteiger partial charge in [0.2, 0.25) is 11.8 Å². The lowest BCUT2D eigenvalue weighted by atomic mass is 9.77. The van der Waals surface area contributed by atoms with Crippen molar-refractivity contribution in [1.29, 1.82) is 0 Å². The van der Waals surface area contributed by atoms with E-state index in [1.165, 1.54) is 36.9 Å². The van der Waals surface area contributed by atoms with Gasteiger partial charge in [-0.1, -0.05) is 6.07 Å². The van der Waals surface area contributed by atoms with Crippen molar-refractivity contribution in [3.63, 3.8) is 0 Å². The van der Waals surface area contributed by atoms with Gasteiger partial charge in [-0.15, -0.1) is 0 Å². The van der Waals surface area contributed by atoms with Crippen LogP contribution >= 0.6 is 0 Å². The Hall–Kier alpha value is -3.72. The monoisotopic (exact) mass is 608 g/mol. The number of carbonyl (C=O) groups excluding carboxylic acids is 2. The Kier molecular flexibility index (Phi) is 8.30. The molecule has 1 aliphatic rings. The first-order valence-electron chi connectivity index (χ1n) is 13.0. The minimum absolute atomic E-state index is 0.109. The topological polar surface area (TPSA) is 119 Å². The molecular weight excluding hydrogens is 580 g/mol. The Labute approximate surface area is 234 Å². The highest BCUT2D eigenvalue weighted by Crippen LogP contribution is 2.45. The molecule has 3 aromatic rings. The fourth-order valence-corrected chi connectivity index (χ4v) is 5.32. The Morgan fingerprint density at radius 1 is 1.12 bits per heavy atom. The second kappa shape index (κ2) is 11.2. The number of fused-ring (bicyclic) bond motifs is 1. The maximum Gasteiger partial charge on any atom is 0.400 e. The van der Waals surface area contributed by atoms with Gasteiger partial charge in [-0.2, -0.15) is 31.4 Å². The molecule has 2 aromatic heterocycles. The van der Waals surface area contributed by atoms with E-state index < -0.39 is 54.4 Å². The number of alkyl halides is 8. The molecule has 1 aliphatic carbocycles. The fourth-order valence-electron chi connectivity index (χ4n) is 5.32. The van der Waals surface area contributed by atoms with E-state index in [1.54, 1.807) is 6.07 Å². The van der Waals surface area contributed by atoms with Crippen LogP contribution in [0.5, 0.6) is 0 Å². The van der Waals surface area contributed by atoms with Crippen LogP contribution in [0.25, 0.3) is 11.0 Å². The molecule has 230 valence electrons. The summed E-state index contributed by atoms with van der Waals surface area (Å²) in [5.41, 5.74) is 7.14. The van der Waals surface area contributed by atoms with E-state index in [0.29, 0.717) is 28.1 Å². The van der Waals surface area contributed by atoms with E-state index in [9.17, 15) is 44.7 Å². The summed E-state index contributed by atoms with van der Waals surface area (Å²) in [6.07, 6.45) is -13.5. The van der Waals surface area contributed by atoms with Crippen LogP contribution in [0.1, 0.15) is 78.6 Å². The van der Waals surface area contributed by atoms with Gasteiger partial charge in [0, 0.05) is 26.3 Å². The number of carbonyl (C=O) groups is 2. The summed E-state index contributed by atoms with van der Waals surface area (Å²) in [5.74, 6) is -9.32. The summed E-state index contributed by atoms with van der Waals surface area (Å²) in [4.78, 5) is 31.7. The number of primary amides is 1. The third-order valence-corrected chi connectivity index (χ3v) is 7.58. The summed E-state index contributed by atoms with van der Waals surface area (Å²) in [6.45, 7) is 1.40. The SMILES string of the molecule is C[C@@H](NC(=O)CC(C(F)(F)F)C(F)(F)F)c1ccc2nc([C@H](c3cc(C(N)=O)n(C)n3)C3CCC(F)(F)CC3)[nH]c2c1. The van der Waals surface area contributed by atoms with Crippen LogP contribution in [0.2, 0.25) is 0 Å². The van der Waals surface area contributed by atoms with E-state index in [0.717, 1.165) is 0 Å². The van der Waals surface area contributed by atoms with Crippen LogP contribution in [0.4, 0.5) is 35.1 Å². The average molecular weight is 609 g/mol. The molecule has 8 nitrogen and oxygen atoms in total. The van der Waals surface area contributed by atoms with Crippen LogP contribution in [0.15, 0.2) is 24.3 Å². The zero-order valence-electron chi connectivity index (χ0n) is 22.4. The molecule has 4 rings (SSSR count). The lowest BCUT2D eigenvalue weighted by Gasteiger charge is -2.32. The fraction of sp³-hybridized carbons (Fsp3) is 0.538. The molecule has 0 saturated heterocycles. The normalized spacial score (nSPS) is 17.9. The molecule has 2 atom stereocenters. The molecule has 16 heteroatoms. The van der Waals surface area contributed by atoms with E-state index in [4.69, 9.17) is 5.73 Å². The zero-order valence-corrected chi connectivity index (χ0v) is 22.4. The largest absolute Gasteiger partial charge is 0.400 e. The standard InChI is InChI=1S/C26H28F8N6O2/c1-12(36-20(41)11-19(25(29,30)31)26(32,33)34)14-3-4-15-16(9-14)38-23(37-15)21(13-5-7-24(27,28)8-6-13)17-10-18(22(35)42)40(2)39-17/h3-4,9-10,12-13,19,21H,5-8,11H2,1-2H3,(H2,35,42)(H,36,41)(H,37,38)/t12-,21+/m1/s1. The summed E-state index contributed by atoms with van der Waals surface area (Å²) in [7, 11) is 1.52. The number of aryl methyl sites for hydroxylation is 1. The summed E-state index contributed by atoms with van der Waals surface area (Å²) in [6, 6.07) is 5.10. The van der Waals surface area contributed by atoms with E-state index in [1.807, 2.05) is 0 Å². The van der Waals surface area contributed by atoms with Gasteiger partial charge in [0.15, 0.2) is 5.92 Å². The first kappa shape index (κ1) is 31.2. The van der Waals surface area contributed by atoms with Crippen LogP contribution in [-0.2, 0) is 11.8 Å². The number of aromatic amines is 1. The molecule has 0 spiro atoms. The lowest BCUT2D eigenvalue weighted by Crippen LogP contribution is -2.41. The number of benzene rings is 1. The summed E-state index contributed by atoms with van der Waals surface area (Å²) < 4.78 is 106. The average Bonchev–Trinajstić information content (AvgIpc) is 3.45. The number of imidazole rings is 1. The first-order chi connectivity index (χ1) is 19.4. The van der Waals surface area contributed by atoms with Crippen LogP contribution in [0, 0.1) is 11.8 Å². The van der Waals surface area contributed by atoms with E-state index in [-0.39, 0.29) is 37.3 Å². The van der Waals surface area contributed by atoms with Gasteiger partial charge in [0.1, 0.15) is 11.5 Å². The van der Waals surface area contributed by atoms with Gasteiger partial charge in [-0.05, 0) is 49.4 Å².